The second-order valence-corrected chi connectivity index (χ2v) is 5.51. The maximum absolute atomic E-state index is 12.4. The van der Waals surface area contributed by atoms with Crippen LogP contribution in [0.1, 0.15) is 26.5 Å². The largest absolute Gasteiger partial charge is 0.312 e. The van der Waals surface area contributed by atoms with Crippen molar-refractivity contribution in [2.24, 2.45) is 5.92 Å². The van der Waals surface area contributed by atoms with Crippen molar-refractivity contribution in [2.75, 3.05) is 6.54 Å². The van der Waals surface area contributed by atoms with Crippen LogP contribution in [0.25, 0.3) is 11.0 Å². The fraction of sp³-hybridized carbons (Fsp3) is 0.500. The molecule has 2 aromatic rings. The van der Waals surface area contributed by atoms with Crippen LogP contribution in [0.15, 0.2) is 29.1 Å². The highest BCUT2D eigenvalue weighted by atomic mass is 16.1. The van der Waals surface area contributed by atoms with Gasteiger partial charge in [-0.05, 0) is 31.5 Å². The lowest BCUT2D eigenvalue weighted by molar-refractivity contribution is 0.362. The topological polar surface area (TPSA) is 46.9 Å². The Morgan fingerprint density at radius 1 is 1.30 bits per heavy atom. The van der Waals surface area contributed by atoms with E-state index in [0.717, 1.165) is 17.6 Å². The highest BCUT2D eigenvalue weighted by Crippen LogP contribution is 2.12. The maximum atomic E-state index is 12.4. The summed E-state index contributed by atoms with van der Waals surface area (Å²) in [6, 6.07) is 8.10. The van der Waals surface area contributed by atoms with Gasteiger partial charge >= 0.3 is 0 Å². The van der Waals surface area contributed by atoms with Gasteiger partial charge in [0.25, 0.3) is 5.56 Å². The minimum atomic E-state index is 0.00672. The number of hydrogen-bond donors (Lipinski definition) is 1. The second-order valence-electron chi connectivity index (χ2n) is 5.51. The first-order chi connectivity index (χ1) is 9.54. The van der Waals surface area contributed by atoms with Crippen LogP contribution in [0.5, 0.6) is 0 Å². The van der Waals surface area contributed by atoms with Gasteiger partial charge in [0.05, 0.1) is 11.0 Å². The van der Waals surface area contributed by atoms with Crippen molar-refractivity contribution < 1.29 is 0 Å². The number of aromatic nitrogens is 2. The molecule has 0 aliphatic rings. The van der Waals surface area contributed by atoms with Crippen LogP contribution in [-0.4, -0.2) is 22.1 Å². The van der Waals surface area contributed by atoms with E-state index in [1.54, 1.807) is 6.92 Å². The Labute approximate surface area is 119 Å². The van der Waals surface area contributed by atoms with E-state index in [0.29, 0.717) is 18.2 Å². The van der Waals surface area contributed by atoms with Crippen LogP contribution >= 0.6 is 0 Å². The number of benzene rings is 1. The van der Waals surface area contributed by atoms with Gasteiger partial charge in [-0.2, -0.15) is 0 Å². The lowest BCUT2D eigenvalue weighted by Crippen LogP contribution is -2.40. The standard InChI is InChI=1S/C16H23N3O/c1-5-17-14(11(2)3)10-19-15-9-7-6-8-13(15)18-12(4)16(19)20/h6-9,11,14,17H,5,10H2,1-4H3. The molecule has 1 aromatic carbocycles. The van der Waals surface area contributed by atoms with Gasteiger partial charge in [0.2, 0.25) is 0 Å². The third kappa shape index (κ3) is 2.90. The Morgan fingerprint density at radius 2 is 2.00 bits per heavy atom. The van der Waals surface area contributed by atoms with Crippen LogP contribution in [0, 0.1) is 12.8 Å². The lowest BCUT2D eigenvalue weighted by atomic mass is 10.0. The predicted molar refractivity (Wildman–Crippen MR) is 83.0 cm³/mol. The predicted octanol–water partition coefficient (Wildman–Crippen LogP) is 2.34. The molecule has 1 aromatic heterocycles. The van der Waals surface area contributed by atoms with Crippen molar-refractivity contribution in [3.05, 3.63) is 40.3 Å². The third-order valence-electron chi connectivity index (χ3n) is 3.67. The number of nitrogens with one attached hydrogen (secondary N) is 1. The van der Waals surface area contributed by atoms with E-state index in [2.05, 4.69) is 31.1 Å². The summed E-state index contributed by atoms with van der Waals surface area (Å²) in [4.78, 5) is 16.8. The molecule has 0 aliphatic heterocycles. The summed E-state index contributed by atoms with van der Waals surface area (Å²) in [5.74, 6) is 0.467. The fourth-order valence-electron chi connectivity index (χ4n) is 2.47. The monoisotopic (exact) mass is 273 g/mol. The van der Waals surface area contributed by atoms with Crippen LogP contribution in [0.2, 0.25) is 0 Å². The van der Waals surface area contributed by atoms with Crippen LogP contribution in [0.4, 0.5) is 0 Å². The van der Waals surface area contributed by atoms with E-state index >= 15 is 0 Å². The summed E-state index contributed by atoms with van der Waals surface area (Å²) in [6.45, 7) is 9.80. The number of hydrogen-bond acceptors (Lipinski definition) is 3. The minimum Gasteiger partial charge on any atom is -0.312 e. The first-order valence-electron chi connectivity index (χ1n) is 7.24. The van der Waals surface area contributed by atoms with E-state index in [-0.39, 0.29) is 11.6 Å². The Kier molecular flexibility index (Phi) is 4.55. The van der Waals surface area contributed by atoms with Crippen molar-refractivity contribution in [2.45, 2.75) is 40.3 Å². The maximum Gasteiger partial charge on any atom is 0.272 e. The highest BCUT2D eigenvalue weighted by Gasteiger charge is 2.16. The SMILES string of the molecule is CCNC(Cn1c(=O)c(C)nc2ccccc21)C(C)C. The quantitative estimate of drug-likeness (QED) is 0.909. The number of aryl methyl sites for hydroxylation is 1. The average Bonchev–Trinajstić information content (AvgIpc) is 2.42. The van der Waals surface area contributed by atoms with Gasteiger partial charge in [0.15, 0.2) is 0 Å². The summed E-state index contributed by atoms with van der Waals surface area (Å²) in [5.41, 5.74) is 2.35. The van der Waals surface area contributed by atoms with Crippen molar-refractivity contribution in [1.29, 1.82) is 0 Å². The number of para-hydroxylation sites is 2. The van der Waals surface area contributed by atoms with Gasteiger partial charge in [-0.15, -0.1) is 0 Å². The normalized spacial score (nSPS) is 13.1. The zero-order valence-corrected chi connectivity index (χ0v) is 12.7. The third-order valence-corrected chi connectivity index (χ3v) is 3.67. The van der Waals surface area contributed by atoms with Gasteiger partial charge in [-0.25, -0.2) is 4.98 Å². The number of rotatable bonds is 5. The van der Waals surface area contributed by atoms with E-state index in [1.807, 2.05) is 28.8 Å². The highest BCUT2D eigenvalue weighted by molar-refractivity contribution is 5.74. The molecular weight excluding hydrogens is 250 g/mol. The lowest BCUT2D eigenvalue weighted by Gasteiger charge is -2.23. The average molecular weight is 273 g/mol. The van der Waals surface area contributed by atoms with Gasteiger partial charge in [-0.3, -0.25) is 4.79 Å². The van der Waals surface area contributed by atoms with Crippen LogP contribution in [-0.2, 0) is 6.54 Å². The van der Waals surface area contributed by atoms with E-state index in [1.165, 1.54) is 0 Å². The molecule has 0 amide bonds. The molecule has 0 fully saturated rings. The Bertz CT molecular complexity index is 646. The molecule has 2 rings (SSSR count). The van der Waals surface area contributed by atoms with E-state index in [9.17, 15) is 4.79 Å². The number of fused-ring (bicyclic) bond motifs is 1. The molecule has 0 radical (unpaired) electrons. The summed E-state index contributed by atoms with van der Waals surface area (Å²) in [7, 11) is 0. The van der Waals surface area contributed by atoms with Gasteiger partial charge in [-0.1, -0.05) is 32.9 Å². The van der Waals surface area contributed by atoms with Crippen molar-refractivity contribution in [3.8, 4) is 0 Å². The molecule has 108 valence electrons. The molecule has 1 unspecified atom stereocenters. The number of nitrogens with zero attached hydrogens (tertiary/aromatic N) is 2. The molecule has 20 heavy (non-hydrogen) atoms. The fourth-order valence-corrected chi connectivity index (χ4v) is 2.47. The van der Waals surface area contributed by atoms with Crippen molar-refractivity contribution in [1.82, 2.24) is 14.9 Å². The zero-order chi connectivity index (χ0) is 14.7. The summed E-state index contributed by atoms with van der Waals surface area (Å²) in [6.07, 6.45) is 0. The summed E-state index contributed by atoms with van der Waals surface area (Å²) < 4.78 is 1.85. The summed E-state index contributed by atoms with van der Waals surface area (Å²) in [5, 5.41) is 3.46. The number of likely N-dealkylation sites (N-methyl/N-ethyl adjacent to an activating group) is 1. The van der Waals surface area contributed by atoms with Gasteiger partial charge < -0.3 is 9.88 Å². The van der Waals surface area contributed by atoms with Crippen molar-refractivity contribution >= 4 is 11.0 Å². The first kappa shape index (κ1) is 14.7. The molecule has 0 aliphatic carbocycles. The molecule has 4 heteroatoms. The molecular formula is C16H23N3O. The second kappa shape index (κ2) is 6.18. The molecule has 0 spiro atoms. The first-order valence-corrected chi connectivity index (χ1v) is 7.24. The van der Waals surface area contributed by atoms with Crippen molar-refractivity contribution in [3.63, 3.8) is 0 Å². The van der Waals surface area contributed by atoms with Gasteiger partial charge in [0.1, 0.15) is 5.69 Å². The molecule has 0 saturated carbocycles. The minimum absolute atomic E-state index is 0.00672. The van der Waals surface area contributed by atoms with E-state index in [4.69, 9.17) is 0 Å². The summed E-state index contributed by atoms with van der Waals surface area (Å²) >= 11 is 0. The Morgan fingerprint density at radius 3 is 2.65 bits per heavy atom. The molecule has 1 heterocycles. The molecule has 0 bridgehead atoms. The molecule has 1 N–H and O–H groups in total. The van der Waals surface area contributed by atoms with E-state index < -0.39 is 0 Å². The van der Waals surface area contributed by atoms with Crippen LogP contribution in [0.3, 0.4) is 0 Å². The molecule has 1 atom stereocenters. The zero-order valence-electron chi connectivity index (χ0n) is 12.7. The molecule has 0 saturated heterocycles. The Hall–Kier alpha value is -1.68. The Balaban J connectivity index is 2.52. The molecule has 4 nitrogen and oxygen atoms in total. The smallest absolute Gasteiger partial charge is 0.272 e. The van der Waals surface area contributed by atoms with Crippen LogP contribution < -0.4 is 10.9 Å². The van der Waals surface area contributed by atoms with Gasteiger partial charge in [0, 0.05) is 12.6 Å².